The monoisotopic (exact) mass is 358 g/mol. The Morgan fingerprint density at radius 3 is 1.85 bits per heavy atom. The van der Waals surface area contributed by atoms with Gasteiger partial charge in [0, 0.05) is 11.1 Å². The maximum Gasteiger partial charge on any atom is 0.331 e. The largest absolute Gasteiger partial charge is 0.478 e. The Morgan fingerprint density at radius 1 is 0.846 bits per heavy atom. The van der Waals surface area contributed by atoms with E-state index in [2.05, 4.69) is 6.92 Å². The highest BCUT2D eigenvalue weighted by Crippen LogP contribution is 2.13. The summed E-state index contributed by atoms with van der Waals surface area (Å²) < 4.78 is 0. The first-order chi connectivity index (χ1) is 12.5. The molecule has 0 unspecified atom stereocenters. The second kappa shape index (κ2) is 13.3. The van der Waals surface area contributed by atoms with Gasteiger partial charge in [0.05, 0.1) is 0 Å². The molecule has 1 aromatic rings. The number of aryl methyl sites for hydroxylation is 1. The van der Waals surface area contributed by atoms with Crippen LogP contribution in [0.1, 0.15) is 94.0 Å². The van der Waals surface area contributed by atoms with Gasteiger partial charge in [0.2, 0.25) is 0 Å². The van der Waals surface area contributed by atoms with Crippen LogP contribution in [0.3, 0.4) is 0 Å². The Labute approximate surface area is 158 Å². The smallest absolute Gasteiger partial charge is 0.331 e. The quantitative estimate of drug-likeness (QED) is 0.239. The van der Waals surface area contributed by atoms with Crippen LogP contribution < -0.4 is 0 Å². The minimum Gasteiger partial charge on any atom is -0.478 e. The van der Waals surface area contributed by atoms with Gasteiger partial charge in [-0.05, 0) is 31.4 Å². The average Bonchev–Trinajstić information content (AvgIpc) is 2.63. The van der Waals surface area contributed by atoms with Crippen LogP contribution in [-0.2, 0) is 11.2 Å². The number of benzene rings is 1. The number of hydrogen-bond acceptors (Lipinski definition) is 2. The number of carbonyl (C=O) groups is 2. The van der Waals surface area contributed by atoms with E-state index in [1.807, 2.05) is 12.1 Å². The van der Waals surface area contributed by atoms with Crippen LogP contribution in [0.2, 0.25) is 0 Å². The van der Waals surface area contributed by atoms with Gasteiger partial charge in [0.15, 0.2) is 5.78 Å². The molecule has 0 amide bonds. The van der Waals surface area contributed by atoms with Crippen LogP contribution in [0.5, 0.6) is 0 Å². The second-order valence-corrected chi connectivity index (χ2v) is 7.13. The Morgan fingerprint density at radius 2 is 1.35 bits per heavy atom. The molecule has 3 heteroatoms. The number of ketones is 1. The number of carboxylic acids is 1. The van der Waals surface area contributed by atoms with E-state index in [-0.39, 0.29) is 11.4 Å². The van der Waals surface area contributed by atoms with Crippen molar-refractivity contribution in [2.75, 3.05) is 0 Å². The van der Waals surface area contributed by atoms with Crippen molar-refractivity contribution in [3.63, 3.8) is 0 Å². The summed E-state index contributed by atoms with van der Waals surface area (Å²) in [6.07, 6.45) is 15.5. The minimum atomic E-state index is -1.06. The van der Waals surface area contributed by atoms with E-state index in [1.54, 1.807) is 12.1 Å². The van der Waals surface area contributed by atoms with E-state index < -0.39 is 5.97 Å². The topological polar surface area (TPSA) is 54.4 Å². The molecule has 0 atom stereocenters. The summed E-state index contributed by atoms with van der Waals surface area (Å²) in [4.78, 5) is 22.7. The third-order valence-corrected chi connectivity index (χ3v) is 4.74. The maximum atomic E-state index is 12.0. The van der Waals surface area contributed by atoms with Crippen molar-refractivity contribution < 1.29 is 14.7 Å². The average molecular weight is 359 g/mol. The summed E-state index contributed by atoms with van der Waals surface area (Å²) in [6, 6.07) is 7.54. The normalized spacial score (nSPS) is 11.5. The Hall–Kier alpha value is -1.90. The van der Waals surface area contributed by atoms with Gasteiger partial charge < -0.3 is 5.11 Å². The Kier molecular flexibility index (Phi) is 11.3. The zero-order valence-electron chi connectivity index (χ0n) is 16.4. The van der Waals surface area contributed by atoms with E-state index in [9.17, 15) is 9.59 Å². The van der Waals surface area contributed by atoms with E-state index >= 15 is 0 Å². The van der Waals surface area contributed by atoms with Gasteiger partial charge in [-0.1, -0.05) is 89.0 Å². The molecule has 0 saturated carbocycles. The molecule has 0 bridgehead atoms. The molecule has 0 saturated heterocycles. The van der Waals surface area contributed by atoms with E-state index in [4.69, 9.17) is 5.11 Å². The molecular weight excluding hydrogens is 324 g/mol. The van der Waals surface area contributed by atoms with Gasteiger partial charge in [-0.25, -0.2) is 4.79 Å². The molecule has 0 aromatic heterocycles. The predicted molar refractivity (Wildman–Crippen MR) is 108 cm³/mol. The van der Waals surface area contributed by atoms with Gasteiger partial charge in [0.1, 0.15) is 0 Å². The number of aliphatic carboxylic acids is 1. The number of hydrogen-bond donors (Lipinski definition) is 1. The van der Waals surface area contributed by atoms with E-state index in [0.29, 0.717) is 5.56 Å². The van der Waals surface area contributed by atoms with Gasteiger partial charge in [0.25, 0.3) is 0 Å². The first-order valence-corrected chi connectivity index (χ1v) is 10.1. The first kappa shape index (κ1) is 22.1. The molecular formula is C23H34O3. The number of allylic oxidation sites excluding steroid dienone is 1. The summed E-state index contributed by atoms with van der Waals surface area (Å²) in [7, 11) is 0. The second-order valence-electron chi connectivity index (χ2n) is 7.13. The van der Waals surface area contributed by atoms with Crippen molar-refractivity contribution in [2.24, 2.45) is 0 Å². The first-order valence-electron chi connectivity index (χ1n) is 10.1. The molecule has 0 aliphatic heterocycles. The predicted octanol–water partition coefficient (Wildman–Crippen LogP) is 6.36. The lowest BCUT2D eigenvalue weighted by molar-refractivity contribution is -0.132. The third kappa shape index (κ3) is 9.55. The van der Waals surface area contributed by atoms with Crippen LogP contribution in [0.25, 0.3) is 0 Å². The highest BCUT2D eigenvalue weighted by atomic mass is 16.4. The van der Waals surface area contributed by atoms with Gasteiger partial charge >= 0.3 is 5.97 Å². The number of rotatable bonds is 14. The van der Waals surface area contributed by atoms with Crippen LogP contribution in [-0.4, -0.2) is 16.9 Å². The Bertz CT molecular complexity index is 570. The van der Waals surface area contributed by atoms with Crippen molar-refractivity contribution in [1.82, 2.24) is 0 Å². The molecule has 1 aromatic carbocycles. The summed E-state index contributed by atoms with van der Waals surface area (Å²) in [5, 5.41) is 8.82. The molecule has 26 heavy (non-hydrogen) atoms. The van der Waals surface area contributed by atoms with Crippen molar-refractivity contribution in [1.29, 1.82) is 0 Å². The molecule has 0 heterocycles. The standard InChI is InChI=1S/C23H34O3/c1-3-4-5-6-7-8-9-10-11-12-13-20-14-16-21(17-15-20)22(24)18-19(2)23(25)26/h14-18H,3-13H2,1-2H3,(H,25,26). The highest BCUT2D eigenvalue weighted by molar-refractivity contribution is 6.08. The fourth-order valence-corrected chi connectivity index (χ4v) is 2.99. The zero-order valence-corrected chi connectivity index (χ0v) is 16.4. The lowest BCUT2D eigenvalue weighted by Gasteiger charge is -2.04. The molecule has 144 valence electrons. The third-order valence-electron chi connectivity index (χ3n) is 4.74. The number of carbonyl (C=O) groups excluding carboxylic acids is 1. The maximum absolute atomic E-state index is 12.0. The lowest BCUT2D eigenvalue weighted by atomic mass is 10.0. The van der Waals surface area contributed by atoms with Crippen LogP contribution in [0.4, 0.5) is 0 Å². The molecule has 0 spiro atoms. The minimum absolute atomic E-state index is 0.0597. The Balaban J connectivity index is 2.20. The molecule has 0 fully saturated rings. The zero-order chi connectivity index (χ0) is 19.2. The fourth-order valence-electron chi connectivity index (χ4n) is 2.99. The van der Waals surface area contributed by atoms with E-state index in [1.165, 1.54) is 82.8 Å². The lowest BCUT2D eigenvalue weighted by Crippen LogP contribution is -2.02. The molecule has 0 radical (unpaired) electrons. The van der Waals surface area contributed by atoms with Crippen LogP contribution in [0, 0.1) is 0 Å². The molecule has 0 aliphatic rings. The van der Waals surface area contributed by atoms with Gasteiger partial charge in [-0.2, -0.15) is 0 Å². The van der Waals surface area contributed by atoms with E-state index in [0.717, 1.165) is 6.42 Å². The molecule has 1 rings (SSSR count). The molecule has 3 nitrogen and oxygen atoms in total. The SMILES string of the molecule is CCCCCCCCCCCCc1ccc(C(=O)C=C(C)C(=O)O)cc1. The van der Waals surface area contributed by atoms with Gasteiger partial charge in [-0.15, -0.1) is 0 Å². The van der Waals surface area contributed by atoms with Crippen LogP contribution in [0.15, 0.2) is 35.9 Å². The highest BCUT2D eigenvalue weighted by Gasteiger charge is 2.07. The summed E-state index contributed by atoms with van der Waals surface area (Å²) >= 11 is 0. The summed E-state index contributed by atoms with van der Waals surface area (Å²) in [6.45, 7) is 3.68. The molecule has 1 N–H and O–H groups in total. The molecule has 0 aliphatic carbocycles. The number of unbranched alkanes of at least 4 members (excludes halogenated alkanes) is 9. The fraction of sp³-hybridized carbons (Fsp3) is 0.565. The number of carboxylic acid groups (broad SMARTS) is 1. The van der Waals surface area contributed by atoms with Crippen molar-refractivity contribution in [2.45, 2.75) is 84.5 Å². The summed E-state index contributed by atoms with van der Waals surface area (Å²) in [5.74, 6) is -1.31. The van der Waals surface area contributed by atoms with Crippen molar-refractivity contribution in [3.05, 3.63) is 47.0 Å². The van der Waals surface area contributed by atoms with Crippen molar-refractivity contribution in [3.8, 4) is 0 Å². The van der Waals surface area contributed by atoms with Crippen molar-refractivity contribution >= 4 is 11.8 Å². The van der Waals surface area contributed by atoms with Gasteiger partial charge in [-0.3, -0.25) is 4.79 Å². The summed E-state index contributed by atoms with van der Waals surface area (Å²) in [5.41, 5.74) is 1.84. The van der Waals surface area contributed by atoms with Crippen LogP contribution >= 0.6 is 0 Å².